The molecule has 0 bridgehead atoms. The first-order valence-electron chi connectivity index (χ1n) is 5.48. The van der Waals surface area contributed by atoms with Crippen molar-refractivity contribution < 1.29 is 23.5 Å². The second-order valence-corrected chi connectivity index (χ2v) is 3.83. The highest BCUT2D eigenvalue weighted by atomic mass is 19.3. The van der Waals surface area contributed by atoms with Gasteiger partial charge >= 0.3 is 0 Å². The molecule has 0 saturated carbocycles. The van der Waals surface area contributed by atoms with Crippen LogP contribution in [0, 0.1) is 0 Å². The highest BCUT2D eigenvalue weighted by Gasteiger charge is 2.27. The minimum absolute atomic E-state index is 0.0613. The zero-order valence-electron chi connectivity index (χ0n) is 9.97. The van der Waals surface area contributed by atoms with Crippen LogP contribution >= 0.6 is 0 Å². The Hall–Kier alpha value is -1.57. The maximum Gasteiger partial charge on any atom is 0.270 e. The summed E-state index contributed by atoms with van der Waals surface area (Å²) in [5, 5.41) is 13.5. The number of alkyl halides is 2. The van der Waals surface area contributed by atoms with E-state index in [4.69, 9.17) is 5.11 Å². The van der Waals surface area contributed by atoms with E-state index in [1.165, 1.54) is 7.05 Å². The van der Waals surface area contributed by atoms with Crippen molar-refractivity contribution in [2.45, 2.75) is 19.3 Å². The molecule has 0 aromatic carbocycles. The number of halogens is 2. The fourth-order valence-electron chi connectivity index (χ4n) is 1.57. The van der Waals surface area contributed by atoms with Gasteiger partial charge in [0.05, 0.1) is 13.2 Å². The van der Waals surface area contributed by atoms with Crippen LogP contribution in [-0.4, -0.2) is 65.7 Å². The van der Waals surface area contributed by atoms with Gasteiger partial charge in [-0.05, 0) is 0 Å². The summed E-state index contributed by atoms with van der Waals surface area (Å²) in [6, 6.07) is 0. The lowest BCUT2D eigenvalue weighted by molar-refractivity contribution is -0.131. The first-order valence-corrected chi connectivity index (χ1v) is 5.48. The Labute approximate surface area is 103 Å². The number of amides is 2. The summed E-state index contributed by atoms with van der Waals surface area (Å²) in [5.41, 5.74) is 0.0613. The normalized spacial score (nSPS) is 15.9. The Morgan fingerprint density at radius 3 is 2.72 bits per heavy atom. The van der Waals surface area contributed by atoms with Crippen molar-refractivity contribution >= 4 is 17.5 Å². The Kier molecular flexibility index (Phi) is 5.14. The molecule has 8 heteroatoms. The van der Waals surface area contributed by atoms with Crippen LogP contribution in [0.15, 0.2) is 5.10 Å². The van der Waals surface area contributed by atoms with Gasteiger partial charge in [0.15, 0.2) is 0 Å². The fraction of sp³-hybridized carbons (Fsp3) is 0.700. The van der Waals surface area contributed by atoms with Gasteiger partial charge < -0.3 is 10.0 Å². The molecule has 18 heavy (non-hydrogen) atoms. The molecule has 1 aliphatic heterocycles. The van der Waals surface area contributed by atoms with Crippen LogP contribution in [0.4, 0.5) is 8.78 Å². The summed E-state index contributed by atoms with van der Waals surface area (Å²) < 4.78 is 24.6. The number of aliphatic hydroxyl groups excluding tert-OH is 1. The van der Waals surface area contributed by atoms with Gasteiger partial charge in [-0.1, -0.05) is 0 Å². The molecule has 0 radical (unpaired) electrons. The third-order valence-corrected chi connectivity index (χ3v) is 2.47. The van der Waals surface area contributed by atoms with E-state index in [1.54, 1.807) is 0 Å². The van der Waals surface area contributed by atoms with Crippen LogP contribution in [0.5, 0.6) is 0 Å². The minimum atomic E-state index is -2.68. The third kappa shape index (κ3) is 3.73. The number of hydrogen-bond acceptors (Lipinski definition) is 4. The quantitative estimate of drug-likeness (QED) is 0.739. The van der Waals surface area contributed by atoms with Crippen molar-refractivity contribution in [2.75, 3.05) is 26.7 Å². The van der Waals surface area contributed by atoms with E-state index >= 15 is 0 Å². The second-order valence-electron chi connectivity index (χ2n) is 3.83. The average molecular weight is 263 g/mol. The summed E-state index contributed by atoms with van der Waals surface area (Å²) in [6.45, 7) is -1.34. The van der Waals surface area contributed by atoms with Crippen LogP contribution < -0.4 is 0 Å². The SMILES string of the molecule is CN1N=C(C(=O)N(CCO)CC(F)F)CCC1=O. The molecule has 0 atom stereocenters. The largest absolute Gasteiger partial charge is 0.395 e. The van der Waals surface area contributed by atoms with Gasteiger partial charge in [0, 0.05) is 26.4 Å². The summed E-state index contributed by atoms with van der Waals surface area (Å²) in [6.07, 6.45) is -2.42. The van der Waals surface area contributed by atoms with Gasteiger partial charge in [-0.25, -0.2) is 13.8 Å². The number of hydrogen-bond donors (Lipinski definition) is 1. The molecular formula is C10H15F2N3O3. The Morgan fingerprint density at radius 1 is 1.56 bits per heavy atom. The van der Waals surface area contributed by atoms with Gasteiger partial charge in [0.25, 0.3) is 12.3 Å². The summed E-state index contributed by atoms with van der Waals surface area (Å²) >= 11 is 0. The molecule has 1 aliphatic rings. The molecule has 1 heterocycles. The highest BCUT2D eigenvalue weighted by Crippen LogP contribution is 2.10. The van der Waals surface area contributed by atoms with Gasteiger partial charge in [0.1, 0.15) is 5.71 Å². The third-order valence-electron chi connectivity index (χ3n) is 2.47. The van der Waals surface area contributed by atoms with E-state index < -0.39 is 25.5 Å². The van der Waals surface area contributed by atoms with Crippen molar-refractivity contribution in [3.8, 4) is 0 Å². The van der Waals surface area contributed by atoms with Crippen molar-refractivity contribution in [3.63, 3.8) is 0 Å². The van der Waals surface area contributed by atoms with E-state index in [-0.39, 0.29) is 31.0 Å². The lowest BCUT2D eigenvalue weighted by Crippen LogP contribution is -2.43. The summed E-state index contributed by atoms with van der Waals surface area (Å²) in [4.78, 5) is 23.9. The van der Waals surface area contributed by atoms with E-state index in [1.807, 2.05) is 0 Å². The van der Waals surface area contributed by atoms with E-state index in [0.717, 1.165) is 9.91 Å². The fourth-order valence-corrected chi connectivity index (χ4v) is 1.57. The molecule has 0 aromatic rings. The Bertz CT molecular complexity index is 360. The summed E-state index contributed by atoms with van der Waals surface area (Å²) in [5.74, 6) is -0.891. The smallest absolute Gasteiger partial charge is 0.270 e. The van der Waals surface area contributed by atoms with E-state index in [0.29, 0.717) is 0 Å². The van der Waals surface area contributed by atoms with Gasteiger partial charge in [-0.2, -0.15) is 5.10 Å². The van der Waals surface area contributed by atoms with Crippen LogP contribution in [0.1, 0.15) is 12.8 Å². The number of carbonyl (C=O) groups excluding carboxylic acids is 2. The molecule has 0 fully saturated rings. The molecule has 0 aromatic heterocycles. The summed E-state index contributed by atoms with van der Waals surface area (Å²) in [7, 11) is 1.40. The van der Waals surface area contributed by atoms with Gasteiger partial charge in [-0.15, -0.1) is 0 Å². The van der Waals surface area contributed by atoms with Crippen LogP contribution in [-0.2, 0) is 9.59 Å². The molecule has 1 N–H and O–H groups in total. The van der Waals surface area contributed by atoms with Crippen LogP contribution in [0.25, 0.3) is 0 Å². The van der Waals surface area contributed by atoms with Gasteiger partial charge in [-0.3, -0.25) is 9.59 Å². The number of rotatable bonds is 5. The number of nitrogens with zero attached hydrogens (tertiary/aromatic N) is 3. The van der Waals surface area contributed by atoms with Crippen molar-refractivity contribution in [1.82, 2.24) is 9.91 Å². The van der Waals surface area contributed by atoms with Crippen LogP contribution in [0.2, 0.25) is 0 Å². The maximum absolute atomic E-state index is 12.3. The number of aliphatic hydroxyl groups is 1. The first kappa shape index (κ1) is 14.5. The topological polar surface area (TPSA) is 73.2 Å². The van der Waals surface area contributed by atoms with Crippen molar-refractivity contribution in [1.29, 1.82) is 0 Å². The van der Waals surface area contributed by atoms with E-state index in [9.17, 15) is 18.4 Å². The molecule has 0 unspecified atom stereocenters. The average Bonchev–Trinajstić information content (AvgIpc) is 2.31. The van der Waals surface area contributed by atoms with Crippen molar-refractivity contribution in [2.24, 2.45) is 5.10 Å². The Morgan fingerprint density at radius 2 is 2.22 bits per heavy atom. The van der Waals surface area contributed by atoms with E-state index in [2.05, 4.69) is 5.10 Å². The predicted octanol–water partition coefficient (Wildman–Crippen LogP) is -0.319. The molecule has 2 amide bonds. The van der Waals surface area contributed by atoms with Gasteiger partial charge in [0.2, 0.25) is 5.91 Å². The highest BCUT2D eigenvalue weighted by molar-refractivity contribution is 6.39. The molecule has 102 valence electrons. The zero-order chi connectivity index (χ0) is 13.7. The maximum atomic E-state index is 12.3. The molecule has 0 aliphatic carbocycles. The Balaban J connectivity index is 2.76. The molecular weight excluding hydrogens is 248 g/mol. The molecule has 0 saturated heterocycles. The van der Waals surface area contributed by atoms with Crippen LogP contribution in [0.3, 0.4) is 0 Å². The number of carbonyl (C=O) groups is 2. The first-order chi connectivity index (χ1) is 8.45. The standard InChI is InChI=1S/C10H15F2N3O3/c1-14-9(17)3-2-7(13-14)10(18)15(4-5-16)6-8(11)12/h8,16H,2-6H2,1H3. The molecule has 0 spiro atoms. The molecule has 1 rings (SSSR count). The van der Waals surface area contributed by atoms with Crippen molar-refractivity contribution in [3.05, 3.63) is 0 Å². The predicted molar refractivity (Wildman–Crippen MR) is 59.1 cm³/mol. The lowest BCUT2D eigenvalue weighted by Gasteiger charge is -2.25. The number of hydrazone groups is 1. The lowest BCUT2D eigenvalue weighted by atomic mass is 10.1. The second kappa shape index (κ2) is 6.39. The molecule has 6 nitrogen and oxygen atoms in total. The zero-order valence-corrected chi connectivity index (χ0v) is 9.97. The minimum Gasteiger partial charge on any atom is -0.395 e. The monoisotopic (exact) mass is 263 g/mol.